The predicted molar refractivity (Wildman–Crippen MR) is 80.9 cm³/mol. The highest BCUT2D eigenvalue weighted by Gasteiger charge is 2.30. The van der Waals surface area contributed by atoms with Gasteiger partial charge in [0.05, 0.1) is 12.6 Å². The standard InChI is InChI=1S/C16H20N4O2/c1-3-20-10-13-7-5-4-6-12(13)8-15(20)16(21)17-9-14-11(2)18-22-19-14/h4-7,15H,3,8-10H2,1-2H3,(H,17,21)/t15-/m1/s1. The Labute approximate surface area is 129 Å². The van der Waals surface area contributed by atoms with Crippen molar-refractivity contribution >= 4 is 5.91 Å². The molecule has 1 aromatic heterocycles. The molecule has 1 aromatic carbocycles. The van der Waals surface area contributed by atoms with Crippen molar-refractivity contribution in [3.05, 3.63) is 46.8 Å². The van der Waals surface area contributed by atoms with Crippen LogP contribution in [0.25, 0.3) is 0 Å². The van der Waals surface area contributed by atoms with Gasteiger partial charge in [0.25, 0.3) is 0 Å². The number of hydrogen-bond donors (Lipinski definition) is 1. The highest BCUT2D eigenvalue weighted by molar-refractivity contribution is 5.82. The SMILES string of the molecule is CCN1Cc2ccccc2C[C@@H]1C(=O)NCc1nonc1C. The van der Waals surface area contributed by atoms with Crippen LogP contribution < -0.4 is 5.32 Å². The van der Waals surface area contributed by atoms with Crippen LogP contribution in [-0.4, -0.2) is 33.7 Å². The van der Waals surface area contributed by atoms with E-state index in [1.165, 1.54) is 11.1 Å². The Bertz CT molecular complexity index is 668. The van der Waals surface area contributed by atoms with Gasteiger partial charge in [-0.1, -0.05) is 41.5 Å². The zero-order chi connectivity index (χ0) is 15.5. The average molecular weight is 300 g/mol. The van der Waals surface area contributed by atoms with E-state index < -0.39 is 0 Å². The molecule has 2 aromatic rings. The molecule has 1 amide bonds. The Morgan fingerprint density at radius 1 is 1.36 bits per heavy atom. The highest BCUT2D eigenvalue weighted by Crippen LogP contribution is 2.23. The van der Waals surface area contributed by atoms with Gasteiger partial charge in [0.2, 0.25) is 5.91 Å². The van der Waals surface area contributed by atoms with E-state index in [1.54, 1.807) is 0 Å². The second kappa shape index (κ2) is 6.27. The van der Waals surface area contributed by atoms with Gasteiger partial charge in [0.1, 0.15) is 11.4 Å². The topological polar surface area (TPSA) is 71.3 Å². The number of nitrogens with one attached hydrogen (secondary N) is 1. The second-order valence-corrected chi connectivity index (χ2v) is 5.57. The number of aryl methyl sites for hydroxylation is 1. The quantitative estimate of drug-likeness (QED) is 0.925. The van der Waals surface area contributed by atoms with Gasteiger partial charge in [-0.3, -0.25) is 9.69 Å². The number of nitrogens with zero attached hydrogens (tertiary/aromatic N) is 3. The largest absolute Gasteiger partial charge is 0.349 e. The fourth-order valence-corrected chi connectivity index (χ4v) is 2.87. The van der Waals surface area contributed by atoms with Crippen LogP contribution in [0.1, 0.15) is 29.4 Å². The van der Waals surface area contributed by atoms with Gasteiger partial charge in [0.15, 0.2) is 0 Å². The van der Waals surface area contributed by atoms with Crippen molar-refractivity contribution in [2.75, 3.05) is 6.54 Å². The van der Waals surface area contributed by atoms with Crippen LogP contribution in [0.2, 0.25) is 0 Å². The van der Waals surface area contributed by atoms with Gasteiger partial charge < -0.3 is 5.32 Å². The summed E-state index contributed by atoms with van der Waals surface area (Å²) >= 11 is 0. The summed E-state index contributed by atoms with van der Waals surface area (Å²) in [6.45, 7) is 5.91. The summed E-state index contributed by atoms with van der Waals surface area (Å²) in [6, 6.07) is 8.18. The normalized spacial score (nSPS) is 18.0. The number of amides is 1. The van der Waals surface area contributed by atoms with Crippen LogP contribution in [0, 0.1) is 6.92 Å². The summed E-state index contributed by atoms with van der Waals surface area (Å²) in [5.41, 5.74) is 3.95. The van der Waals surface area contributed by atoms with E-state index in [9.17, 15) is 4.79 Å². The number of carbonyl (C=O) groups excluding carboxylic acids is 1. The van der Waals surface area contributed by atoms with E-state index in [4.69, 9.17) is 0 Å². The molecule has 0 radical (unpaired) electrons. The minimum atomic E-state index is -0.139. The maximum atomic E-state index is 12.6. The summed E-state index contributed by atoms with van der Waals surface area (Å²) < 4.78 is 4.65. The first-order valence-corrected chi connectivity index (χ1v) is 7.55. The Kier molecular flexibility index (Phi) is 4.20. The number of hydrogen-bond acceptors (Lipinski definition) is 5. The van der Waals surface area contributed by atoms with Crippen LogP contribution in [0.5, 0.6) is 0 Å². The first-order chi connectivity index (χ1) is 10.7. The molecular weight excluding hydrogens is 280 g/mol. The van der Waals surface area contributed by atoms with E-state index in [0.29, 0.717) is 17.9 Å². The van der Waals surface area contributed by atoms with E-state index in [1.807, 2.05) is 19.1 Å². The lowest BCUT2D eigenvalue weighted by Gasteiger charge is -2.35. The van der Waals surface area contributed by atoms with Crippen molar-refractivity contribution in [3.8, 4) is 0 Å². The van der Waals surface area contributed by atoms with Crippen molar-refractivity contribution in [2.24, 2.45) is 0 Å². The minimum Gasteiger partial charge on any atom is -0.349 e. The van der Waals surface area contributed by atoms with Crippen LogP contribution in [-0.2, 0) is 24.3 Å². The van der Waals surface area contributed by atoms with Crippen molar-refractivity contribution in [1.82, 2.24) is 20.5 Å². The van der Waals surface area contributed by atoms with Crippen LogP contribution in [0.15, 0.2) is 28.9 Å². The Balaban J connectivity index is 1.70. The first-order valence-electron chi connectivity index (χ1n) is 7.55. The van der Waals surface area contributed by atoms with Gasteiger partial charge in [-0.15, -0.1) is 0 Å². The average Bonchev–Trinajstić information content (AvgIpc) is 2.96. The summed E-state index contributed by atoms with van der Waals surface area (Å²) in [4.78, 5) is 14.8. The van der Waals surface area contributed by atoms with E-state index in [2.05, 4.69) is 44.2 Å². The van der Waals surface area contributed by atoms with Gasteiger partial charge in [0, 0.05) is 6.54 Å². The number of likely N-dealkylation sites (N-methyl/N-ethyl adjacent to an activating group) is 1. The van der Waals surface area contributed by atoms with E-state index >= 15 is 0 Å². The maximum absolute atomic E-state index is 12.6. The number of carbonyl (C=O) groups is 1. The van der Waals surface area contributed by atoms with Gasteiger partial charge >= 0.3 is 0 Å². The molecule has 6 nitrogen and oxygen atoms in total. The summed E-state index contributed by atoms with van der Waals surface area (Å²) in [6.07, 6.45) is 0.742. The Morgan fingerprint density at radius 3 is 2.82 bits per heavy atom. The van der Waals surface area contributed by atoms with Crippen molar-refractivity contribution in [1.29, 1.82) is 0 Å². The molecule has 22 heavy (non-hydrogen) atoms. The lowest BCUT2D eigenvalue weighted by atomic mass is 9.93. The van der Waals surface area contributed by atoms with Gasteiger partial charge in [-0.2, -0.15) is 0 Å². The maximum Gasteiger partial charge on any atom is 0.238 e. The smallest absolute Gasteiger partial charge is 0.238 e. The molecule has 1 aliphatic rings. The molecule has 0 spiro atoms. The molecule has 1 atom stereocenters. The molecule has 0 fully saturated rings. The molecule has 116 valence electrons. The zero-order valence-corrected chi connectivity index (χ0v) is 12.9. The summed E-state index contributed by atoms with van der Waals surface area (Å²) in [5.74, 6) is 0.0266. The number of fused-ring (bicyclic) bond motifs is 1. The lowest BCUT2D eigenvalue weighted by Crippen LogP contribution is -2.50. The third-order valence-electron chi connectivity index (χ3n) is 4.23. The fraction of sp³-hybridized carbons (Fsp3) is 0.438. The third kappa shape index (κ3) is 2.87. The van der Waals surface area contributed by atoms with Gasteiger partial charge in [-0.05, 0) is 31.0 Å². The Morgan fingerprint density at radius 2 is 2.14 bits per heavy atom. The van der Waals surface area contributed by atoms with E-state index in [0.717, 1.165) is 19.5 Å². The highest BCUT2D eigenvalue weighted by atomic mass is 16.6. The molecule has 0 saturated carbocycles. The predicted octanol–water partition coefficient (Wildman–Crippen LogP) is 1.44. The van der Waals surface area contributed by atoms with E-state index in [-0.39, 0.29) is 11.9 Å². The monoisotopic (exact) mass is 300 g/mol. The minimum absolute atomic E-state index is 0.0266. The summed E-state index contributed by atoms with van der Waals surface area (Å²) in [5, 5.41) is 10.5. The zero-order valence-electron chi connectivity index (χ0n) is 12.9. The van der Waals surface area contributed by atoms with Crippen LogP contribution >= 0.6 is 0 Å². The number of aromatic nitrogens is 2. The van der Waals surface area contributed by atoms with Crippen molar-refractivity contribution < 1.29 is 9.42 Å². The van der Waals surface area contributed by atoms with Crippen molar-refractivity contribution in [3.63, 3.8) is 0 Å². The number of benzene rings is 1. The van der Waals surface area contributed by atoms with Gasteiger partial charge in [-0.25, -0.2) is 4.63 Å². The molecule has 6 heteroatoms. The molecule has 0 saturated heterocycles. The van der Waals surface area contributed by atoms with Crippen LogP contribution in [0.3, 0.4) is 0 Å². The first kappa shape index (κ1) is 14.7. The molecule has 2 heterocycles. The molecule has 0 aliphatic carbocycles. The van der Waals surface area contributed by atoms with Crippen molar-refractivity contribution in [2.45, 2.75) is 39.4 Å². The molecule has 3 rings (SSSR count). The van der Waals surface area contributed by atoms with Crippen LogP contribution in [0.4, 0.5) is 0 Å². The molecule has 0 bridgehead atoms. The molecule has 1 N–H and O–H groups in total. The molecule has 0 unspecified atom stereocenters. The second-order valence-electron chi connectivity index (χ2n) is 5.57. The molecular formula is C16H20N4O2. The molecule has 1 aliphatic heterocycles. The summed E-state index contributed by atoms with van der Waals surface area (Å²) in [7, 11) is 0. The fourth-order valence-electron chi connectivity index (χ4n) is 2.87. The Hall–Kier alpha value is -2.21. The third-order valence-corrected chi connectivity index (χ3v) is 4.23. The lowest BCUT2D eigenvalue weighted by molar-refractivity contribution is -0.127. The number of rotatable bonds is 4.